The number of aliphatic carboxylic acids is 1. The minimum absolute atomic E-state index is 0. The number of nitrogens with two attached hydrogens (primary N) is 1. The van der Waals surface area contributed by atoms with E-state index in [0.717, 1.165) is 5.92 Å². The van der Waals surface area contributed by atoms with Gasteiger partial charge in [0.2, 0.25) is 0 Å². The van der Waals surface area contributed by atoms with Gasteiger partial charge in [-0.25, -0.2) is 4.79 Å². The van der Waals surface area contributed by atoms with Gasteiger partial charge in [-0.05, 0) is 48.3 Å². The van der Waals surface area contributed by atoms with Gasteiger partial charge in [0.1, 0.15) is 0 Å². The van der Waals surface area contributed by atoms with E-state index in [1.807, 2.05) is 26.0 Å². The van der Waals surface area contributed by atoms with Gasteiger partial charge >= 0.3 is 5.97 Å². The number of carboxylic acid groups (broad SMARTS) is 1. The fourth-order valence-corrected chi connectivity index (χ4v) is 3.51. The van der Waals surface area contributed by atoms with E-state index in [9.17, 15) is 15.0 Å². The summed E-state index contributed by atoms with van der Waals surface area (Å²) in [5.41, 5.74) is 5.83. The zero-order chi connectivity index (χ0) is 17.9. The molecule has 0 radical (unpaired) electrons. The first-order valence-corrected chi connectivity index (χ1v) is 8.94. The normalized spacial score (nSPS) is 21.9. The molecule has 0 bridgehead atoms. The number of nitrogens with zero attached hydrogens (tertiary/aromatic N) is 1. The Kier molecular flexibility index (Phi) is 10.1. The smallest absolute Gasteiger partial charge is 0.337 e. The Bertz CT molecular complexity index is 586. The largest absolute Gasteiger partial charge is 0.479 e. The van der Waals surface area contributed by atoms with Gasteiger partial charge in [0.25, 0.3) is 0 Å². The quantitative estimate of drug-likeness (QED) is 0.582. The summed E-state index contributed by atoms with van der Waals surface area (Å²) < 4.78 is 0. The number of carboxylic acids is 1. The average molecular weight is 407 g/mol. The average Bonchev–Trinajstić information content (AvgIpc) is 3.26. The van der Waals surface area contributed by atoms with Crippen LogP contribution in [0.15, 0.2) is 18.3 Å². The number of aromatic nitrogens is 1. The van der Waals surface area contributed by atoms with Crippen molar-refractivity contribution >= 4 is 30.8 Å². The van der Waals surface area contributed by atoms with E-state index in [4.69, 9.17) is 5.73 Å². The van der Waals surface area contributed by atoms with Crippen molar-refractivity contribution < 1.29 is 15.0 Å². The van der Waals surface area contributed by atoms with Crippen LogP contribution in [0.25, 0.3) is 0 Å². The molecule has 1 saturated carbocycles. The molecule has 1 aromatic heterocycles. The van der Waals surface area contributed by atoms with Crippen LogP contribution in [-0.4, -0.2) is 32.8 Å². The van der Waals surface area contributed by atoms with Crippen molar-refractivity contribution in [1.82, 2.24) is 4.98 Å². The molecule has 1 heterocycles. The molecule has 4 atom stereocenters. The van der Waals surface area contributed by atoms with E-state index >= 15 is 0 Å². The Hall–Kier alpha value is -0.880. The Labute approximate surface area is 168 Å². The Morgan fingerprint density at radius 3 is 2.62 bits per heavy atom. The number of rotatable bonds is 9. The van der Waals surface area contributed by atoms with Crippen LogP contribution in [0.5, 0.6) is 0 Å². The van der Waals surface area contributed by atoms with E-state index in [2.05, 4.69) is 11.9 Å². The maximum absolute atomic E-state index is 11.7. The monoisotopic (exact) mass is 406 g/mol. The molecule has 1 fully saturated rings. The van der Waals surface area contributed by atoms with Crippen molar-refractivity contribution in [3.63, 3.8) is 0 Å². The highest BCUT2D eigenvalue weighted by atomic mass is 35.5. The maximum atomic E-state index is 11.7. The molecule has 2 rings (SSSR count). The number of hydrogen-bond donors (Lipinski definition) is 3. The number of carbonyl (C=O) groups is 1. The Morgan fingerprint density at radius 1 is 1.42 bits per heavy atom. The summed E-state index contributed by atoms with van der Waals surface area (Å²) in [6.45, 7) is 6.11. The van der Waals surface area contributed by atoms with E-state index in [1.54, 1.807) is 6.20 Å². The fourth-order valence-electron chi connectivity index (χ4n) is 3.51. The standard InChI is InChI=1S/C19H30N2O3.2ClH/c1-4-5-13-10-16(13)14-6-7-21-15(9-14)11-19(24,18(22)23)17(20)8-12(2)3;;/h6-7,9,12-13,16-17,24H,4-5,8,10-11,20H2,1-3H3,(H,22,23);2*1H/t13-,16-,17-,19+;;/m0../s1. The first-order chi connectivity index (χ1) is 11.3. The lowest BCUT2D eigenvalue weighted by Crippen LogP contribution is -2.56. The fraction of sp³-hybridized carbons (Fsp3) is 0.684. The molecule has 150 valence electrons. The minimum Gasteiger partial charge on any atom is -0.479 e. The predicted molar refractivity (Wildman–Crippen MR) is 108 cm³/mol. The van der Waals surface area contributed by atoms with E-state index in [1.165, 1.54) is 24.8 Å². The highest BCUT2D eigenvalue weighted by Crippen LogP contribution is 2.50. The zero-order valence-corrected chi connectivity index (χ0v) is 17.4. The van der Waals surface area contributed by atoms with Gasteiger partial charge < -0.3 is 15.9 Å². The molecule has 1 aromatic rings. The molecular formula is C19H32Cl2N2O3. The molecule has 4 N–H and O–H groups in total. The molecule has 0 aromatic carbocycles. The van der Waals surface area contributed by atoms with Gasteiger partial charge in [-0.3, -0.25) is 4.98 Å². The second kappa shape index (κ2) is 10.5. The Balaban J connectivity index is 0.00000312. The molecule has 0 saturated heterocycles. The van der Waals surface area contributed by atoms with Crippen LogP contribution in [0.2, 0.25) is 0 Å². The molecule has 7 heteroatoms. The second-order valence-corrected chi connectivity index (χ2v) is 7.61. The lowest BCUT2D eigenvalue weighted by molar-refractivity contribution is -0.161. The lowest BCUT2D eigenvalue weighted by atomic mass is 9.84. The third-order valence-electron chi connectivity index (χ3n) is 5.01. The van der Waals surface area contributed by atoms with Crippen LogP contribution < -0.4 is 5.73 Å². The molecule has 5 nitrogen and oxygen atoms in total. The lowest BCUT2D eigenvalue weighted by Gasteiger charge is -2.30. The van der Waals surface area contributed by atoms with Gasteiger partial charge in [0.15, 0.2) is 5.60 Å². The third kappa shape index (κ3) is 6.08. The van der Waals surface area contributed by atoms with Crippen molar-refractivity contribution in [2.75, 3.05) is 0 Å². The van der Waals surface area contributed by atoms with Crippen LogP contribution in [0.1, 0.15) is 63.6 Å². The second-order valence-electron chi connectivity index (χ2n) is 7.61. The number of pyridine rings is 1. The maximum Gasteiger partial charge on any atom is 0.337 e. The van der Waals surface area contributed by atoms with Crippen LogP contribution in [-0.2, 0) is 11.2 Å². The van der Waals surface area contributed by atoms with E-state index < -0.39 is 17.6 Å². The van der Waals surface area contributed by atoms with E-state index in [0.29, 0.717) is 18.0 Å². The number of halogens is 2. The molecule has 0 spiro atoms. The summed E-state index contributed by atoms with van der Waals surface area (Å²) in [5.74, 6) is 0.213. The van der Waals surface area contributed by atoms with Gasteiger partial charge in [-0.1, -0.05) is 33.6 Å². The third-order valence-corrected chi connectivity index (χ3v) is 5.01. The number of hydrogen-bond acceptors (Lipinski definition) is 4. The summed E-state index contributed by atoms with van der Waals surface area (Å²) in [7, 11) is 0. The molecule has 0 amide bonds. The van der Waals surface area contributed by atoms with Crippen molar-refractivity contribution in [3.8, 4) is 0 Å². The SMILES string of the molecule is CCC[C@H]1C[C@@H]1c1ccnc(C[C@](O)(C(=O)O)[C@@H](N)CC(C)C)c1.Cl.Cl. The summed E-state index contributed by atoms with van der Waals surface area (Å²) in [6.07, 6.45) is 5.69. The summed E-state index contributed by atoms with van der Waals surface area (Å²) in [4.78, 5) is 15.9. The summed E-state index contributed by atoms with van der Waals surface area (Å²) >= 11 is 0. The number of aliphatic hydroxyl groups is 1. The molecule has 1 aliphatic carbocycles. The summed E-state index contributed by atoms with van der Waals surface area (Å²) in [6, 6.07) is 3.11. The van der Waals surface area contributed by atoms with Gasteiger partial charge in [-0.2, -0.15) is 0 Å². The first-order valence-electron chi connectivity index (χ1n) is 8.94. The van der Waals surface area contributed by atoms with Crippen LogP contribution in [0.4, 0.5) is 0 Å². The van der Waals surface area contributed by atoms with Crippen LogP contribution in [0.3, 0.4) is 0 Å². The van der Waals surface area contributed by atoms with E-state index in [-0.39, 0.29) is 37.2 Å². The van der Waals surface area contributed by atoms with Crippen molar-refractivity contribution in [2.24, 2.45) is 17.6 Å². The molecule has 0 unspecified atom stereocenters. The van der Waals surface area contributed by atoms with Crippen molar-refractivity contribution in [2.45, 2.75) is 70.4 Å². The van der Waals surface area contributed by atoms with Crippen LogP contribution in [0, 0.1) is 11.8 Å². The molecular weight excluding hydrogens is 375 g/mol. The topological polar surface area (TPSA) is 96.4 Å². The minimum atomic E-state index is -1.98. The van der Waals surface area contributed by atoms with Gasteiger partial charge in [0.05, 0.1) is 0 Å². The highest BCUT2D eigenvalue weighted by Gasteiger charge is 2.43. The molecule has 0 aliphatic heterocycles. The van der Waals surface area contributed by atoms with Gasteiger partial charge in [-0.15, -0.1) is 24.8 Å². The Morgan fingerprint density at radius 2 is 2.08 bits per heavy atom. The molecule has 1 aliphatic rings. The van der Waals surface area contributed by atoms with Crippen LogP contribution >= 0.6 is 24.8 Å². The predicted octanol–water partition coefficient (Wildman–Crippen LogP) is 3.56. The molecule has 26 heavy (non-hydrogen) atoms. The van der Waals surface area contributed by atoms with Crippen molar-refractivity contribution in [3.05, 3.63) is 29.6 Å². The van der Waals surface area contributed by atoms with Gasteiger partial charge in [0, 0.05) is 24.4 Å². The van der Waals surface area contributed by atoms with Crippen molar-refractivity contribution in [1.29, 1.82) is 0 Å². The first kappa shape index (κ1) is 25.1. The zero-order valence-electron chi connectivity index (χ0n) is 15.7. The highest BCUT2D eigenvalue weighted by molar-refractivity contribution is 5.85. The summed E-state index contributed by atoms with van der Waals surface area (Å²) in [5, 5.41) is 20.2.